The highest BCUT2D eigenvalue weighted by molar-refractivity contribution is 5.46. The normalized spacial score (nSPS) is 24.0. The van der Waals surface area contributed by atoms with Crippen molar-refractivity contribution in [2.75, 3.05) is 45.7 Å². The second-order valence-corrected chi connectivity index (χ2v) is 5.03. The van der Waals surface area contributed by atoms with E-state index in [0.717, 1.165) is 55.6 Å². The van der Waals surface area contributed by atoms with Crippen molar-refractivity contribution in [1.82, 2.24) is 14.9 Å². The predicted octanol–water partition coefficient (Wildman–Crippen LogP) is 0.594. The molecule has 6 nitrogen and oxygen atoms in total. The first kappa shape index (κ1) is 12.8. The molecule has 19 heavy (non-hydrogen) atoms. The molecule has 0 radical (unpaired) electrons. The Morgan fingerprint density at radius 2 is 2.21 bits per heavy atom. The van der Waals surface area contributed by atoms with Gasteiger partial charge < -0.3 is 19.7 Å². The molecule has 104 valence electrons. The van der Waals surface area contributed by atoms with Gasteiger partial charge in [-0.25, -0.2) is 9.97 Å². The molecule has 0 amide bonds. The Morgan fingerprint density at radius 1 is 1.32 bits per heavy atom. The van der Waals surface area contributed by atoms with Crippen LogP contribution in [0.25, 0.3) is 0 Å². The summed E-state index contributed by atoms with van der Waals surface area (Å²) in [6.07, 6.45) is 0.821. The van der Waals surface area contributed by atoms with Crippen LogP contribution in [0.4, 0.5) is 5.82 Å². The van der Waals surface area contributed by atoms with Crippen LogP contribution < -0.4 is 5.32 Å². The molecule has 3 rings (SSSR count). The number of rotatable bonds is 2. The summed E-state index contributed by atoms with van der Waals surface area (Å²) in [4.78, 5) is 11.6. The summed E-state index contributed by atoms with van der Waals surface area (Å²) in [5.41, 5.74) is 2.18. The number of hydrogen-bond acceptors (Lipinski definition) is 6. The number of nitrogens with one attached hydrogen (secondary N) is 1. The van der Waals surface area contributed by atoms with E-state index >= 15 is 0 Å². The van der Waals surface area contributed by atoms with E-state index in [-0.39, 0.29) is 6.10 Å². The highest BCUT2D eigenvalue weighted by Crippen LogP contribution is 2.26. The summed E-state index contributed by atoms with van der Waals surface area (Å²) in [6.45, 7) is 3.88. The van der Waals surface area contributed by atoms with Gasteiger partial charge in [0, 0.05) is 32.1 Å². The van der Waals surface area contributed by atoms with E-state index in [1.54, 1.807) is 0 Å². The molecule has 0 saturated carbocycles. The largest absolute Gasteiger partial charge is 0.376 e. The van der Waals surface area contributed by atoms with Crippen molar-refractivity contribution in [1.29, 1.82) is 0 Å². The van der Waals surface area contributed by atoms with Gasteiger partial charge in [-0.2, -0.15) is 0 Å². The molecule has 1 fully saturated rings. The molecule has 1 saturated heterocycles. The molecule has 1 aromatic heterocycles. The first-order valence-electron chi connectivity index (χ1n) is 6.73. The van der Waals surface area contributed by atoms with Crippen LogP contribution in [-0.4, -0.2) is 55.3 Å². The van der Waals surface area contributed by atoms with Crippen molar-refractivity contribution in [3.05, 3.63) is 17.1 Å². The van der Waals surface area contributed by atoms with Gasteiger partial charge in [0.25, 0.3) is 0 Å². The molecule has 3 heterocycles. The summed E-state index contributed by atoms with van der Waals surface area (Å²) in [5, 5.41) is 3.15. The third-order valence-electron chi connectivity index (χ3n) is 3.63. The maximum Gasteiger partial charge on any atom is 0.161 e. The Bertz CT molecular complexity index is 449. The smallest absolute Gasteiger partial charge is 0.161 e. The summed E-state index contributed by atoms with van der Waals surface area (Å²) in [5.74, 6) is 1.66. The highest BCUT2D eigenvalue weighted by atomic mass is 16.5. The topological polar surface area (TPSA) is 59.5 Å². The van der Waals surface area contributed by atoms with Crippen LogP contribution in [0.2, 0.25) is 0 Å². The van der Waals surface area contributed by atoms with E-state index < -0.39 is 0 Å². The standard InChI is InChI=1S/C13H20N4O2/c1-14-12-9-8-18-5-3-10(9)15-13(16-12)11-7-17(2)4-6-19-11/h11H,3-8H2,1-2H3,(H,14,15,16). The molecule has 0 aromatic carbocycles. The lowest BCUT2D eigenvalue weighted by atomic mass is 10.1. The van der Waals surface area contributed by atoms with E-state index in [1.807, 2.05) is 7.05 Å². The zero-order chi connectivity index (χ0) is 13.2. The maximum atomic E-state index is 5.80. The fraction of sp³-hybridized carbons (Fsp3) is 0.692. The van der Waals surface area contributed by atoms with Crippen LogP contribution in [0.5, 0.6) is 0 Å². The second-order valence-electron chi connectivity index (χ2n) is 5.03. The SMILES string of the molecule is CNc1nc(C2CN(C)CCO2)nc2c1COCC2. The number of hydrogen-bond donors (Lipinski definition) is 1. The number of likely N-dealkylation sites (N-methyl/N-ethyl adjacent to an activating group) is 1. The first-order valence-corrected chi connectivity index (χ1v) is 6.73. The van der Waals surface area contributed by atoms with Gasteiger partial charge in [0.05, 0.1) is 25.5 Å². The molecule has 0 spiro atoms. The number of fused-ring (bicyclic) bond motifs is 1. The lowest BCUT2D eigenvalue weighted by Gasteiger charge is -2.30. The van der Waals surface area contributed by atoms with Gasteiger partial charge in [-0.1, -0.05) is 0 Å². The first-order chi connectivity index (χ1) is 9.28. The Hall–Kier alpha value is -1.24. The van der Waals surface area contributed by atoms with Crippen molar-refractivity contribution in [2.24, 2.45) is 0 Å². The van der Waals surface area contributed by atoms with Gasteiger partial charge >= 0.3 is 0 Å². The van der Waals surface area contributed by atoms with Gasteiger partial charge in [0.15, 0.2) is 5.82 Å². The van der Waals surface area contributed by atoms with E-state index in [1.165, 1.54) is 0 Å². The molecule has 1 unspecified atom stereocenters. The van der Waals surface area contributed by atoms with Crippen LogP contribution in [0.1, 0.15) is 23.2 Å². The molecular weight excluding hydrogens is 244 g/mol. The average molecular weight is 264 g/mol. The lowest BCUT2D eigenvalue weighted by molar-refractivity contribution is -0.0257. The van der Waals surface area contributed by atoms with Crippen molar-refractivity contribution in [3.63, 3.8) is 0 Å². The van der Waals surface area contributed by atoms with Crippen LogP contribution in [0.3, 0.4) is 0 Å². The molecule has 0 aliphatic carbocycles. The molecule has 1 N–H and O–H groups in total. The number of nitrogens with zero attached hydrogens (tertiary/aromatic N) is 3. The summed E-state index contributed by atoms with van der Waals surface area (Å²) in [7, 11) is 3.98. The molecule has 0 bridgehead atoms. The second kappa shape index (κ2) is 5.40. The number of ether oxygens (including phenoxy) is 2. The molecule has 1 aromatic rings. The molecule has 2 aliphatic heterocycles. The zero-order valence-electron chi connectivity index (χ0n) is 11.5. The number of anilines is 1. The third-order valence-corrected chi connectivity index (χ3v) is 3.63. The van der Waals surface area contributed by atoms with Gasteiger partial charge in [-0.05, 0) is 7.05 Å². The van der Waals surface area contributed by atoms with Gasteiger partial charge in [0.1, 0.15) is 11.9 Å². The summed E-state index contributed by atoms with van der Waals surface area (Å²) in [6, 6.07) is 0. The minimum atomic E-state index is -0.0287. The summed E-state index contributed by atoms with van der Waals surface area (Å²) < 4.78 is 11.3. The lowest BCUT2D eigenvalue weighted by Crippen LogP contribution is -2.36. The van der Waals surface area contributed by atoms with Crippen LogP contribution in [0, 0.1) is 0 Å². The van der Waals surface area contributed by atoms with E-state index in [2.05, 4.69) is 22.2 Å². The highest BCUT2D eigenvalue weighted by Gasteiger charge is 2.25. The van der Waals surface area contributed by atoms with Crippen LogP contribution in [-0.2, 0) is 22.5 Å². The van der Waals surface area contributed by atoms with Gasteiger partial charge in [0.2, 0.25) is 0 Å². The van der Waals surface area contributed by atoms with Gasteiger partial charge in [-0.3, -0.25) is 0 Å². The average Bonchev–Trinajstić information content (AvgIpc) is 2.46. The van der Waals surface area contributed by atoms with Crippen LogP contribution in [0.15, 0.2) is 0 Å². The monoisotopic (exact) mass is 264 g/mol. The van der Waals surface area contributed by atoms with E-state index in [0.29, 0.717) is 6.61 Å². The fourth-order valence-corrected chi connectivity index (χ4v) is 2.54. The fourth-order valence-electron chi connectivity index (χ4n) is 2.54. The minimum absolute atomic E-state index is 0.0287. The minimum Gasteiger partial charge on any atom is -0.376 e. The van der Waals surface area contributed by atoms with Crippen molar-refractivity contribution in [3.8, 4) is 0 Å². The van der Waals surface area contributed by atoms with E-state index in [9.17, 15) is 0 Å². The Kier molecular flexibility index (Phi) is 3.63. The van der Waals surface area contributed by atoms with Crippen LogP contribution >= 0.6 is 0 Å². The Labute approximate surface area is 113 Å². The Morgan fingerprint density at radius 3 is 3.00 bits per heavy atom. The summed E-state index contributed by atoms with van der Waals surface area (Å²) >= 11 is 0. The Balaban J connectivity index is 1.93. The van der Waals surface area contributed by atoms with Crippen molar-refractivity contribution >= 4 is 5.82 Å². The van der Waals surface area contributed by atoms with Gasteiger partial charge in [-0.15, -0.1) is 0 Å². The quantitative estimate of drug-likeness (QED) is 0.844. The molecule has 6 heteroatoms. The predicted molar refractivity (Wildman–Crippen MR) is 71.1 cm³/mol. The van der Waals surface area contributed by atoms with Crippen molar-refractivity contribution < 1.29 is 9.47 Å². The third kappa shape index (κ3) is 2.56. The number of morpholine rings is 1. The van der Waals surface area contributed by atoms with Crippen molar-refractivity contribution in [2.45, 2.75) is 19.1 Å². The zero-order valence-corrected chi connectivity index (χ0v) is 11.5. The molecule has 2 aliphatic rings. The molecular formula is C13H20N4O2. The number of aromatic nitrogens is 2. The maximum absolute atomic E-state index is 5.80. The van der Waals surface area contributed by atoms with E-state index in [4.69, 9.17) is 14.5 Å². The molecule has 1 atom stereocenters.